The molecule has 0 aliphatic carbocycles. The molecule has 164 valence electrons. The molecule has 1 aromatic heterocycles. The third kappa shape index (κ3) is 4.81. The molecule has 0 fully saturated rings. The Morgan fingerprint density at radius 1 is 1.13 bits per heavy atom. The first kappa shape index (κ1) is 22.6. The number of aromatic nitrogens is 2. The zero-order valence-corrected chi connectivity index (χ0v) is 18.0. The first-order valence-electron chi connectivity index (χ1n) is 9.94. The third-order valence-corrected chi connectivity index (χ3v) is 5.12. The number of alkyl halides is 3. The fourth-order valence-electron chi connectivity index (χ4n) is 3.23. The van der Waals surface area contributed by atoms with Gasteiger partial charge >= 0.3 is 12.1 Å². The number of fused-ring (bicyclic) bond motifs is 1. The second-order valence-electron chi connectivity index (χ2n) is 8.50. The van der Waals surface area contributed by atoms with Gasteiger partial charge in [-0.15, -0.1) is 0 Å². The minimum atomic E-state index is -4.79. The predicted octanol–water partition coefficient (Wildman–Crippen LogP) is 6.47. The number of nitrogens with zero attached hydrogens (tertiary/aromatic N) is 2. The fraction of sp³-hybridized carbons (Fsp3) is 0.333. The standard InChI is InChI=1S/C24H25F3N2O2/c1-15(2)18-11-12-20-19(13-18)21(17-9-7-6-8-10-17)28-29(20)14-23(4,5)22(30)31-16(3)24(25,26)27/h6-13,15H,3,14H2,1-2,4-5H3. The quantitative estimate of drug-likeness (QED) is 0.332. The highest BCUT2D eigenvalue weighted by atomic mass is 19.4. The van der Waals surface area contributed by atoms with E-state index in [0.717, 1.165) is 27.7 Å². The Bertz CT molecular complexity index is 1110. The average molecular weight is 430 g/mol. The molecular weight excluding hydrogens is 405 g/mol. The lowest BCUT2D eigenvalue weighted by Gasteiger charge is -2.23. The van der Waals surface area contributed by atoms with E-state index in [1.165, 1.54) is 13.8 Å². The minimum Gasteiger partial charge on any atom is -0.422 e. The molecule has 0 radical (unpaired) electrons. The van der Waals surface area contributed by atoms with Gasteiger partial charge in [0, 0.05) is 10.9 Å². The van der Waals surface area contributed by atoms with Crippen molar-refractivity contribution in [2.24, 2.45) is 5.41 Å². The number of rotatable bonds is 6. The van der Waals surface area contributed by atoms with Crippen molar-refractivity contribution in [1.82, 2.24) is 9.78 Å². The van der Waals surface area contributed by atoms with Crippen molar-refractivity contribution in [2.75, 3.05) is 0 Å². The van der Waals surface area contributed by atoms with Gasteiger partial charge in [0.15, 0.2) is 0 Å². The minimum absolute atomic E-state index is 0.0430. The Balaban J connectivity index is 2.02. The summed E-state index contributed by atoms with van der Waals surface area (Å²) in [5.74, 6) is -2.22. The van der Waals surface area contributed by atoms with E-state index >= 15 is 0 Å². The molecule has 4 nitrogen and oxygen atoms in total. The van der Waals surface area contributed by atoms with Crippen LogP contribution in [0.1, 0.15) is 39.2 Å². The molecule has 0 atom stereocenters. The van der Waals surface area contributed by atoms with Crippen LogP contribution >= 0.6 is 0 Å². The molecule has 0 unspecified atom stereocenters. The van der Waals surface area contributed by atoms with Crippen LogP contribution in [-0.4, -0.2) is 21.9 Å². The van der Waals surface area contributed by atoms with Crippen LogP contribution in [0.4, 0.5) is 13.2 Å². The zero-order chi connectivity index (χ0) is 23.0. The second-order valence-corrected chi connectivity index (χ2v) is 8.50. The van der Waals surface area contributed by atoms with Crippen LogP contribution in [0, 0.1) is 5.41 Å². The maximum Gasteiger partial charge on any atom is 0.449 e. The largest absolute Gasteiger partial charge is 0.449 e. The van der Waals surface area contributed by atoms with Crippen molar-refractivity contribution in [3.63, 3.8) is 0 Å². The number of hydrogen-bond acceptors (Lipinski definition) is 3. The number of benzene rings is 2. The van der Waals surface area contributed by atoms with Gasteiger partial charge < -0.3 is 4.74 Å². The number of ether oxygens (including phenoxy) is 1. The summed E-state index contributed by atoms with van der Waals surface area (Å²) in [6.07, 6.45) is -4.79. The highest BCUT2D eigenvalue weighted by Gasteiger charge is 2.39. The molecule has 0 saturated heterocycles. The molecule has 1 heterocycles. The lowest BCUT2D eigenvalue weighted by Crippen LogP contribution is -2.33. The Morgan fingerprint density at radius 2 is 1.77 bits per heavy atom. The predicted molar refractivity (Wildman–Crippen MR) is 114 cm³/mol. The number of carbonyl (C=O) groups excluding carboxylic acids is 1. The van der Waals surface area contributed by atoms with Crippen molar-refractivity contribution in [3.8, 4) is 11.3 Å². The lowest BCUT2D eigenvalue weighted by molar-refractivity contribution is -0.168. The number of esters is 1. The van der Waals surface area contributed by atoms with E-state index < -0.39 is 23.3 Å². The molecule has 0 bridgehead atoms. The highest BCUT2D eigenvalue weighted by Crippen LogP contribution is 2.33. The van der Waals surface area contributed by atoms with E-state index in [4.69, 9.17) is 5.10 Å². The van der Waals surface area contributed by atoms with Crippen LogP contribution in [0.25, 0.3) is 22.2 Å². The van der Waals surface area contributed by atoms with E-state index in [0.29, 0.717) is 5.92 Å². The van der Waals surface area contributed by atoms with Crippen molar-refractivity contribution >= 4 is 16.9 Å². The summed E-state index contributed by atoms with van der Waals surface area (Å²) in [4.78, 5) is 12.5. The number of carbonyl (C=O) groups is 1. The molecule has 2 aromatic carbocycles. The zero-order valence-electron chi connectivity index (χ0n) is 18.0. The van der Waals surface area contributed by atoms with Crippen LogP contribution in [-0.2, 0) is 16.1 Å². The summed E-state index contributed by atoms with van der Waals surface area (Å²) in [5, 5.41) is 5.64. The number of halogens is 3. The molecule has 31 heavy (non-hydrogen) atoms. The molecule has 3 aromatic rings. The molecule has 0 aliphatic heterocycles. The summed E-state index contributed by atoms with van der Waals surface area (Å²) < 4.78 is 44.4. The van der Waals surface area contributed by atoms with Crippen LogP contribution in [0.2, 0.25) is 0 Å². The van der Waals surface area contributed by atoms with Crippen LogP contribution < -0.4 is 0 Å². The molecule has 7 heteroatoms. The molecule has 0 N–H and O–H groups in total. The summed E-state index contributed by atoms with van der Waals surface area (Å²) in [5.41, 5.74) is 2.33. The van der Waals surface area contributed by atoms with E-state index in [2.05, 4.69) is 31.2 Å². The smallest absolute Gasteiger partial charge is 0.422 e. The van der Waals surface area contributed by atoms with E-state index in [1.807, 2.05) is 42.5 Å². The Hall–Kier alpha value is -3.09. The van der Waals surface area contributed by atoms with Crippen molar-refractivity contribution in [3.05, 3.63) is 66.4 Å². The van der Waals surface area contributed by atoms with E-state index in [1.54, 1.807) is 4.68 Å². The van der Waals surface area contributed by atoms with Crippen molar-refractivity contribution < 1.29 is 22.7 Å². The summed E-state index contributed by atoms with van der Waals surface area (Å²) >= 11 is 0. The SMILES string of the molecule is C=C(OC(=O)C(C)(C)Cn1nc(-c2ccccc2)c2cc(C(C)C)ccc21)C(F)(F)F. The van der Waals surface area contributed by atoms with Gasteiger partial charge in [0.05, 0.1) is 17.5 Å². The Kier molecular flexibility index (Phi) is 5.98. The average Bonchev–Trinajstić information content (AvgIpc) is 3.05. The molecule has 0 aliphatic rings. The lowest BCUT2D eigenvalue weighted by atomic mass is 9.93. The maximum absolute atomic E-state index is 12.7. The monoisotopic (exact) mass is 430 g/mol. The van der Waals surface area contributed by atoms with Gasteiger partial charge in [-0.1, -0.05) is 56.8 Å². The van der Waals surface area contributed by atoms with Gasteiger partial charge in [-0.05, 0) is 37.5 Å². The molecule has 3 rings (SSSR count). The van der Waals surface area contributed by atoms with Crippen LogP contribution in [0.5, 0.6) is 0 Å². The first-order valence-corrected chi connectivity index (χ1v) is 9.94. The Morgan fingerprint density at radius 3 is 2.35 bits per heavy atom. The van der Waals surface area contributed by atoms with Gasteiger partial charge in [-0.25, -0.2) is 0 Å². The van der Waals surface area contributed by atoms with Crippen LogP contribution in [0.3, 0.4) is 0 Å². The number of hydrogen-bond donors (Lipinski definition) is 0. The van der Waals surface area contributed by atoms with E-state index in [-0.39, 0.29) is 6.54 Å². The molecule has 0 saturated carbocycles. The van der Waals surface area contributed by atoms with Gasteiger partial charge in [-0.2, -0.15) is 18.3 Å². The van der Waals surface area contributed by atoms with Crippen molar-refractivity contribution in [2.45, 2.75) is 46.3 Å². The first-order chi connectivity index (χ1) is 14.4. The van der Waals surface area contributed by atoms with Gasteiger partial charge in [-0.3, -0.25) is 9.48 Å². The number of allylic oxidation sites excluding steroid dienone is 1. The van der Waals surface area contributed by atoms with Gasteiger partial charge in [0.2, 0.25) is 5.76 Å². The fourth-order valence-corrected chi connectivity index (χ4v) is 3.23. The normalized spacial score (nSPS) is 12.4. The van der Waals surface area contributed by atoms with Gasteiger partial charge in [0.1, 0.15) is 5.69 Å². The van der Waals surface area contributed by atoms with Gasteiger partial charge in [0.25, 0.3) is 0 Å². The summed E-state index contributed by atoms with van der Waals surface area (Å²) in [6.45, 7) is 10.1. The maximum atomic E-state index is 12.7. The van der Waals surface area contributed by atoms with E-state index in [9.17, 15) is 18.0 Å². The van der Waals surface area contributed by atoms with Crippen LogP contribution in [0.15, 0.2) is 60.9 Å². The summed E-state index contributed by atoms with van der Waals surface area (Å²) in [6, 6.07) is 15.6. The molecule has 0 amide bonds. The van der Waals surface area contributed by atoms with Crippen molar-refractivity contribution in [1.29, 1.82) is 0 Å². The highest BCUT2D eigenvalue weighted by molar-refractivity contribution is 5.94. The summed E-state index contributed by atoms with van der Waals surface area (Å²) in [7, 11) is 0. The molecule has 0 spiro atoms. The molecular formula is C24H25F3N2O2. The Labute approximate surface area is 179 Å². The third-order valence-electron chi connectivity index (χ3n) is 5.12. The topological polar surface area (TPSA) is 44.1 Å². The second kappa shape index (κ2) is 8.21.